The van der Waals surface area contributed by atoms with Crippen LogP contribution in [-0.4, -0.2) is 22.5 Å². The highest BCUT2D eigenvalue weighted by atomic mass is 16.5. The minimum atomic E-state index is -0.377. The van der Waals surface area contributed by atoms with Gasteiger partial charge in [0.25, 0.3) is 0 Å². The van der Waals surface area contributed by atoms with Crippen molar-refractivity contribution in [1.29, 1.82) is 0 Å². The molecule has 5 heteroatoms. The van der Waals surface area contributed by atoms with E-state index in [9.17, 15) is 4.79 Å². The van der Waals surface area contributed by atoms with Crippen molar-refractivity contribution in [1.82, 2.24) is 9.97 Å². The van der Waals surface area contributed by atoms with Crippen LogP contribution in [0, 0.1) is 6.92 Å². The number of hydrogen-bond acceptors (Lipinski definition) is 5. The Hall–Kier alpha value is -2.95. The fraction of sp³-hybridized carbons (Fsp3) is 0.286. The average molecular weight is 347 g/mol. The third-order valence-electron chi connectivity index (χ3n) is 4.93. The summed E-state index contributed by atoms with van der Waals surface area (Å²) in [6, 6.07) is 9.79. The maximum atomic E-state index is 12.7. The lowest BCUT2D eigenvalue weighted by atomic mass is 9.93. The number of esters is 1. The van der Waals surface area contributed by atoms with Crippen LogP contribution >= 0.6 is 0 Å². The Morgan fingerprint density at radius 3 is 2.69 bits per heavy atom. The molecule has 0 atom stereocenters. The second-order valence-electron chi connectivity index (χ2n) is 6.54. The number of pyridine rings is 2. The minimum absolute atomic E-state index is 0.308. The number of carbonyl (C=O) groups excluding carboxylic acids is 1. The zero-order chi connectivity index (χ0) is 18.3. The molecule has 0 saturated heterocycles. The molecule has 2 N–H and O–H groups in total. The number of anilines is 1. The molecule has 1 aliphatic rings. The number of benzene rings is 1. The predicted octanol–water partition coefficient (Wildman–Crippen LogP) is 3.85. The van der Waals surface area contributed by atoms with Gasteiger partial charge in [0, 0.05) is 16.9 Å². The summed E-state index contributed by atoms with van der Waals surface area (Å²) in [6.07, 6.45) is 2.89. The van der Waals surface area contributed by atoms with E-state index in [1.807, 2.05) is 37.3 Å². The normalized spacial score (nSPS) is 13.0. The molecule has 1 aromatic carbocycles. The first-order valence-corrected chi connectivity index (χ1v) is 8.95. The van der Waals surface area contributed by atoms with Crippen LogP contribution in [0.25, 0.3) is 22.2 Å². The maximum Gasteiger partial charge on any atom is 0.340 e. The van der Waals surface area contributed by atoms with Gasteiger partial charge in [-0.2, -0.15) is 0 Å². The summed E-state index contributed by atoms with van der Waals surface area (Å²) in [6.45, 7) is 3.93. The van der Waals surface area contributed by atoms with Gasteiger partial charge in [-0.05, 0) is 44.2 Å². The van der Waals surface area contributed by atoms with Gasteiger partial charge in [0.2, 0.25) is 0 Å². The molecule has 0 bridgehead atoms. The molecule has 0 fully saturated rings. The SMILES string of the molecule is CCOC(=O)c1c(C)nc2nc3c(c(N)c2c1-c1ccccc1)CCC3. The van der Waals surface area contributed by atoms with Crippen LogP contribution in [0.15, 0.2) is 30.3 Å². The second-order valence-corrected chi connectivity index (χ2v) is 6.54. The zero-order valence-corrected chi connectivity index (χ0v) is 15.0. The molecule has 4 rings (SSSR count). The minimum Gasteiger partial charge on any atom is -0.462 e. The fourth-order valence-electron chi connectivity index (χ4n) is 3.79. The quantitative estimate of drug-likeness (QED) is 0.728. The fourth-order valence-corrected chi connectivity index (χ4v) is 3.79. The highest BCUT2D eigenvalue weighted by molar-refractivity contribution is 6.11. The summed E-state index contributed by atoms with van der Waals surface area (Å²) < 4.78 is 5.31. The van der Waals surface area contributed by atoms with Gasteiger partial charge in [-0.15, -0.1) is 0 Å². The standard InChI is InChI=1S/C21H21N3O2/c1-3-26-21(25)16-12(2)23-20-18(17(16)13-8-5-4-6-9-13)19(22)14-10-7-11-15(14)24-20/h4-6,8-9H,3,7,10-11H2,1-2H3,(H2,22,23,24). The van der Waals surface area contributed by atoms with E-state index < -0.39 is 0 Å². The molecule has 2 heterocycles. The van der Waals surface area contributed by atoms with E-state index in [1.165, 1.54) is 0 Å². The largest absolute Gasteiger partial charge is 0.462 e. The molecule has 0 amide bonds. The molecular formula is C21H21N3O2. The number of nitrogens with two attached hydrogens (primary N) is 1. The summed E-state index contributed by atoms with van der Waals surface area (Å²) in [5, 5.41) is 0.755. The Kier molecular flexibility index (Phi) is 4.07. The third kappa shape index (κ3) is 2.51. The van der Waals surface area contributed by atoms with Crippen molar-refractivity contribution in [2.75, 3.05) is 12.3 Å². The van der Waals surface area contributed by atoms with Gasteiger partial charge in [0.15, 0.2) is 5.65 Å². The van der Waals surface area contributed by atoms with Crippen LogP contribution in [-0.2, 0) is 17.6 Å². The number of rotatable bonds is 3. The molecule has 5 nitrogen and oxygen atoms in total. The van der Waals surface area contributed by atoms with Gasteiger partial charge in [0.05, 0.1) is 23.3 Å². The lowest BCUT2D eigenvalue weighted by Crippen LogP contribution is -2.12. The van der Waals surface area contributed by atoms with Crippen molar-refractivity contribution in [3.63, 3.8) is 0 Å². The highest BCUT2D eigenvalue weighted by Crippen LogP contribution is 2.39. The molecule has 0 radical (unpaired) electrons. The third-order valence-corrected chi connectivity index (χ3v) is 4.93. The number of ether oxygens (including phenoxy) is 1. The Morgan fingerprint density at radius 2 is 1.96 bits per heavy atom. The Morgan fingerprint density at radius 1 is 1.19 bits per heavy atom. The number of fused-ring (bicyclic) bond motifs is 2. The van der Waals surface area contributed by atoms with E-state index in [0.29, 0.717) is 29.2 Å². The average Bonchev–Trinajstić information content (AvgIpc) is 3.10. The van der Waals surface area contributed by atoms with E-state index in [1.54, 1.807) is 6.92 Å². The van der Waals surface area contributed by atoms with Gasteiger partial charge < -0.3 is 10.5 Å². The smallest absolute Gasteiger partial charge is 0.340 e. The van der Waals surface area contributed by atoms with Gasteiger partial charge in [-0.3, -0.25) is 0 Å². The van der Waals surface area contributed by atoms with Crippen molar-refractivity contribution >= 4 is 22.7 Å². The molecule has 0 aliphatic heterocycles. The number of carbonyl (C=O) groups is 1. The van der Waals surface area contributed by atoms with Crippen LogP contribution in [0.1, 0.15) is 40.7 Å². The second kappa shape index (κ2) is 6.41. The number of aryl methyl sites for hydroxylation is 2. The molecule has 26 heavy (non-hydrogen) atoms. The van der Waals surface area contributed by atoms with Gasteiger partial charge in [-0.25, -0.2) is 14.8 Å². The maximum absolute atomic E-state index is 12.7. The summed E-state index contributed by atoms with van der Waals surface area (Å²) in [5.74, 6) is -0.377. The van der Waals surface area contributed by atoms with E-state index >= 15 is 0 Å². The van der Waals surface area contributed by atoms with Crippen LogP contribution in [0.2, 0.25) is 0 Å². The Labute approximate surface area is 152 Å². The van der Waals surface area contributed by atoms with Gasteiger partial charge in [0.1, 0.15) is 0 Å². The molecule has 1 aliphatic carbocycles. The molecule has 132 valence electrons. The van der Waals surface area contributed by atoms with Crippen molar-refractivity contribution in [3.8, 4) is 11.1 Å². The first-order valence-electron chi connectivity index (χ1n) is 8.95. The first kappa shape index (κ1) is 16.5. The summed E-state index contributed by atoms with van der Waals surface area (Å²) >= 11 is 0. The summed E-state index contributed by atoms with van der Waals surface area (Å²) in [4.78, 5) is 22.1. The highest BCUT2D eigenvalue weighted by Gasteiger charge is 2.26. The zero-order valence-electron chi connectivity index (χ0n) is 15.0. The Balaban J connectivity index is 2.14. The van der Waals surface area contributed by atoms with E-state index in [2.05, 4.69) is 4.98 Å². The van der Waals surface area contributed by atoms with E-state index in [-0.39, 0.29) is 5.97 Å². The van der Waals surface area contributed by atoms with E-state index in [0.717, 1.165) is 47.0 Å². The van der Waals surface area contributed by atoms with Crippen molar-refractivity contribution < 1.29 is 9.53 Å². The van der Waals surface area contributed by atoms with Crippen LogP contribution in [0.3, 0.4) is 0 Å². The summed E-state index contributed by atoms with van der Waals surface area (Å²) in [7, 11) is 0. The van der Waals surface area contributed by atoms with Crippen molar-refractivity contribution in [3.05, 3.63) is 52.8 Å². The molecule has 3 aromatic rings. The van der Waals surface area contributed by atoms with Gasteiger partial charge >= 0.3 is 5.97 Å². The lowest BCUT2D eigenvalue weighted by molar-refractivity contribution is 0.0526. The predicted molar refractivity (Wildman–Crippen MR) is 102 cm³/mol. The van der Waals surface area contributed by atoms with Crippen LogP contribution in [0.4, 0.5) is 5.69 Å². The first-order chi connectivity index (χ1) is 12.6. The monoisotopic (exact) mass is 347 g/mol. The molecule has 2 aromatic heterocycles. The molecule has 0 unspecified atom stereocenters. The number of nitrogen functional groups attached to an aromatic ring is 1. The molecule has 0 saturated carbocycles. The van der Waals surface area contributed by atoms with Gasteiger partial charge in [-0.1, -0.05) is 30.3 Å². The van der Waals surface area contributed by atoms with Crippen LogP contribution < -0.4 is 5.73 Å². The molecule has 0 spiro atoms. The topological polar surface area (TPSA) is 78.1 Å². The van der Waals surface area contributed by atoms with Crippen LogP contribution in [0.5, 0.6) is 0 Å². The number of nitrogens with zero attached hydrogens (tertiary/aromatic N) is 2. The lowest BCUT2D eigenvalue weighted by Gasteiger charge is -2.17. The number of hydrogen-bond donors (Lipinski definition) is 1. The molecular weight excluding hydrogens is 326 g/mol. The van der Waals surface area contributed by atoms with Crippen molar-refractivity contribution in [2.24, 2.45) is 0 Å². The number of aromatic nitrogens is 2. The summed E-state index contributed by atoms with van der Waals surface area (Å²) in [5.41, 5.74) is 12.8. The van der Waals surface area contributed by atoms with E-state index in [4.69, 9.17) is 15.5 Å². The van der Waals surface area contributed by atoms with Crippen molar-refractivity contribution in [2.45, 2.75) is 33.1 Å². The Bertz CT molecular complexity index is 1010.